The summed E-state index contributed by atoms with van der Waals surface area (Å²) in [4.78, 5) is 28.2. The summed E-state index contributed by atoms with van der Waals surface area (Å²) in [5, 5.41) is 18.8. The second kappa shape index (κ2) is 7.21. The van der Waals surface area contributed by atoms with Crippen molar-refractivity contribution < 1.29 is 19.8 Å². The highest BCUT2D eigenvalue weighted by Gasteiger charge is 2.27. The molecule has 0 bridgehead atoms. The minimum atomic E-state index is -0.929. The van der Waals surface area contributed by atoms with Crippen LogP contribution in [0.1, 0.15) is 28.4 Å². The summed E-state index contributed by atoms with van der Waals surface area (Å²) in [6.45, 7) is 7.02. The molecule has 1 unspecified atom stereocenters. The molecule has 2 heterocycles. The Labute approximate surface area is 134 Å². The van der Waals surface area contributed by atoms with E-state index in [1.807, 2.05) is 19.9 Å². The predicted octanol–water partition coefficient (Wildman–Crippen LogP) is 1.11. The van der Waals surface area contributed by atoms with Gasteiger partial charge >= 0.3 is 5.97 Å². The van der Waals surface area contributed by atoms with Gasteiger partial charge in [0.05, 0.1) is 0 Å². The molecule has 122 valence electrons. The Morgan fingerprint density at radius 2 is 1.86 bits per heavy atom. The molecule has 22 heavy (non-hydrogen) atoms. The maximum atomic E-state index is 12.1. The number of hydrogen-bond donors (Lipinski definition) is 2. The second-order valence-electron chi connectivity index (χ2n) is 5.86. The van der Waals surface area contributed by atoms with Crippen molar-refractivity contribution in [1.29, 1.82) is 0 Å². The molecule has 6 nitrogen and oxygen atoms in total. The highest BCUT2D eigenvalue weighted by atomic mass is 32.1. The fourth-order valence-electron chi connectivity index (χ4n) is 2.40. The fourth-order valence-corrected chi connectivity index (χ4v) is 3.29. The number of rotatable bonds is 5. The zero-order valence-corrected chi connectivity index (χ0v) is 13.7. The average molecular weight is 326 g/mol. The van der Waals surface area contributed by atoms with E-state index in [1.165, 1.54) is 11.3 Å². The van der Waals surface area contributed by atoms with Crippen LogP contribution in [0.15, 0.2) is 12.1 Å². The van der Waals surface area contributed by atoms with Crippen LogP contribution in [-0.2, 0) is 11.3 Å². The molecule has 1 amide bonds. The number of nitrogens with zero attached hydrogens (tertiary/aromatic N) is 2. The Balaban J connectivity index is 1.84. The summed E-state index contributed by atoms with van der Waals surface area (Å²) < 4.78 is 0. The van der Waals surface area contributed by atoms with Gasteiger partial charge < -0.3 is 15.1 Å². The number of thiophene rings is 1. The third-order valence-electron chi connectivity index (χ3n) is 3.82. The molecule has 2 rings (SSSR count). The number of aliphatic hydroxyl groups is 1. The summed E-state index contributed by atoms with van der Waals surface area (Å²) in [7, 11) is 0. The van der Waals surface area contributed by atoms with E-state index in [1.54, 1.807) is 11.0 Å². The topological polar surface area (TPSA) is 81.1 Å². The third kappa shape index (κ3) is 4.06. The second-order valence-corrected chi connectivity index (χ2v) is 7.03. The average Bonchev–Trinajstić information content (AvgIpc) is 2.95. The van der Waals surface area contributed by atoms with Crippen LogP contribution in [-0.4, -0.2) is 64.2 Å². The number of hydrogen-bond acceptors (Lipinski definition) is 5. The van der Waals surface area contributed by atoms with Crippen molar-refractivity contribution in [1.82, 2.24) is 9.80 Å². The van der Waals surface area contributed by atoms with E-state index in [9.17, 15) is 14.7 Å². The molecule has 1 aliphatic heterocycles. The zero-order valence-electron chi connectivity index (χ0n) is 12.9. The van der Waals surface area contributed by atoms with Gasteiger partial charge in [-0.3, -0.25) is 9.69 Å². The molecule has 0 aliphatic carbocycles. The monoisotopic (exact) mass is 326 g/mol. The lowest BCUT2D eigenvalue weighted by molar-refractivity contribution is -0.144. The van der Waals surface area contributed by atoms with Crippen molar-refractivity contribution in [2.45, 2.75) is 26.5 Å². The van der Waals surface area contributed by atoms with Crippen LogP contribution in [0.5, 0.6) is 0 Å². The highest BCUT2D eigenvalue weighted by molar-refractivity contribution is 7.13. The van der Waals surface area contributed by atoms with Gasteiger partial charge in [-0.25, -0.2) is 4.79 Å². The van der Waals surface area contributed by atoms with Crippen LogP contribution < -0.4 is 0 Å². The molecule has 1 aromatic rings. The van der Waals surface area contributed by atoms with E-state index in [4.69, 9.17) is 5.11 Å². The lowest BCUT2D eigenvalue weighted by Crippen LogP contribution is -2.51. The molecular weight excluding hydrogens is 304 g/mol. The van der Waals surface area contributed by atoms with E-state index >= 15 is 0 Å². The number of carboxylic acid groups (broad SMARTS) is 1. The Morgan fingerprint density at radius 3 is 2.36 bits per heavy atom. The molecule has 0 aromatic carbocycles. The number of amides is 1. The van der Waals surface area contributed by atoms with Crippen molar-refractivity contribution in [3.63, 3.8) is 0 Å². The Bertz CT molecular complexity index is 535. The first-order valence-corrected chi connectivity index (χ1v) is 8.21. The van der Waals surface area contributed by atoms with Crippen molar-refractivity contribution in [2.75, 3.05) is 26.2 Å². The molecule has 0 radical (unpaired) electrons. The molecule has 0 saturated carbocycles. The van der Waals surface area contributed by atoms with Gasteiger partial charge in [-0.05, 0) is 18.1 Å². The molecule has 1 saturated heterocycles. The molecule has 1 fully saturated rings. The van der Waals surface area contributed by atoms with E-state index in [2.05, 4.69) is 4.90 Å². The van der Waals surface area contributed by atoms with Crippen LogP contribution in [0.2, 0.25) is 0 Å². The maximum Gasteiger partial charge on any atom is 0.345 e. The number of aromatic carboxylic acids is 1. The van der Waals surface area contributed by atoms with Gasteiger partial charge in [0, 0.05) is 37.6 Å². The summed E-state index contributed by atoms with van der Waals surface area (Å²) in [5.41, 5.74) is 0. The molecule has 1 atom stereocenters. The largest absolute Gasteiger partial charge is 0.477 e. The van der Waals surface area contributed by atoms with Gasteiger partial charge in [0.15, 0.2) is 0 Å². The van der Waals surface area contributed by atoms with Gasteiger partial charge in [0.1, 0.15) is 11.0 Å². The molecule has 1 aliphatic rings. The van der Waals surface area contributed by atoms with E-state index in [-0.39, 0.29) is 11.8 Å². The number of aliphatic hydroxyl groups excluding tert-OH is 1. The normalized spacial score (nSPS) is 17.7. The van der Waals surface area contributed by atoms with Crippen LogP contribution in [0.25, 0.3) is 0 Å². The SMILES string of the molecule is CC(C)C(O)C(=O)N1CCN(Cc2ccc(C(=O)O)s2)CC1. The number of carbonyl (C=O) groups excluding carboxylic acids is 1. The zero-order chi connectivity index (χ0) is 16.3. The summed E-state index contributed by atoms with van der Waals surface area (Å²) >= 11 is 1.29. The number of carbonyl (C=O) groups is 2. The van der Waals surface area contributed by atoms with Crippen molar-refractivity contribution >= 4 is 23.2 Å². The first-order valence-electron chi connectivity index (χ1n) is 7.39. The van der Waals surface area contributed by atoms with Crippen molar-refractivity contribution in [3.8, 4) is 0 Å². The Hall–Kier alpha value is -1.44. The van der Waals surface area contributed by atoms with Crippen LogP contribution >= 0.6 is 11.3 Å². The molecule has 7 heteroatoms. The molecule has 0 spiro atoms. The Kier molecular flexibility index (Phi) is 5.55. The molecular formula is C15H22N2O4S. The lowest BCUT2D eigenvalue weighted by atomic mass is 10.1. The molecule has 1 aromatic heterocycles. The van der Waals surface area contributed by atoms with Crippen LogP contribution in [0, 0.1) is 5.92 Å². The Morgan fingerprint density at radius 1 is 1.23 bits per heavy atom. The minimum absolute atomic E-state index is 0.0777. The van der Waals surface area contributed by atoms with Crippen LogP contribution in [0.3, 0.4) is 0 Å². The van der Waals surface area contributed by atoms with E-state index in [0.29, 0.717) is 24.5 Å². The minimum Gasteiger partial charge on any atom is -0.477 e. The first kappa shape index (κ1) is 16.9. The summed E-state index contributed by atoms with van der Waals surface area (Å²) in [5.74, 6) is -1.17. The smallest absolute Gasteiger partial charge is 0.345 e. The van der Waals surface area contributed by atoms with E-state index in [0.717, 1.165) is 18.0 Å². The third-order valence-corrected chi connectivity index (χ3v) is 4.88. The van der Waals surface area contributed by atoms with Crippen LogP contribution in [0.4, 0.5) is 0 Å². The first-order chi connectivity index (χ1) is 10.4. The standard InChI is InChI=1S/C15H22N2O4S/c1-10(2)13(18)14(19)17-7-5-16(6-8-17)9-11-3-4-12(22-11)15(20)21/h3-4,10,13,18H,5-9H2,1-2H3,(H,20,21). The highest BCUT2D eigenvalue weighted by Crippen LogP contribution is 2.19. The van der Waals surface area contributed by atoms with Gasteiger partial charge in [-0.2, -0.15) is 0 Å². The van der Waals surface area contributed by atoms with Gasteiger partial charge in [-0.1, -0.05) is 13.8 Å². The number of carboxylic acids is 1. The van der Waals surface area contributed by atoms with Gasteiger partial charge in [0.2, 0.25) is 0 Å². The van der Waals surface area contributed by atoms with Crippen molar-refractivity contribution in [3.05, 3.63) is 21.9 Å². The van der Waals surface area contributed by atoms with Gasteiger partial charge in [0.25, 0.3) is 5.91 Å². The maximum absolute atomic E-state index is 12.1. The summed E-state index contributed by atoms with van der Waals surface area (Å²) in [6, 6.07) is 3.47. The van der Waals surface area contributed by atoms with Gasteiger partial charge in [-0.15, -0.1) is 11.3 Å². The predicted molar refractivity (Wildman–Crippen MR) is 84.0 cm³/mol. The fraction of sp³-hybridized carbons (Fsp3) is 0.600. The van der Waals surface area contributed by atoms with Crippen molar-refractivity contribution in [2.24, 2.45) is 5.92 Å². The van der Waals surface area contributed by atoms with E-state index < -0.39 is 12.1 Å². The number of piperazine rings is 1. The lowest BCUT2D eigenvalue weighted by Gasteiger charge is -2.36. The summed E-state index contributed by atoms with van der Waals surface area (Å²) in [6.07, 6.45) is -0.929. The molecule has 2 N–H and O–H groups in total. The quantitative estimate of drug-likeness (QED) is 0.847.